The minimum absolute atomic E-state index is 0.637. The molecule has 0 spiro atoms. The second kappa shape index (κ2) is 8.03. The molecular formula is C25H17NOS2. The Labute approximate surface area is 177 Å². The molecule has 0 N–H and O–H groups in total. The molecule has 2 aromatic carbocycles. The summed E-state index contributed by atoms with van der Waals surface area (Å²) in [6.45, 7) is 0. The van der Waals surface area contributed by atoms with Gasteiger partial charge in [0, 0.05) is 25.8 Å². The average molecular weight is 412 g/mol. The molecule has 0 amide bonds. The van der Waals surface area contributed by atoms with Gasteiger partial charge in [-0.15, -0.1) is 22.7 Å². The molecule has 0 saturated heterocycles. The predicted octanol–water partition coefficient (Wildman–Crippen LogP) is 7.97. The van der Waals surface area contributed by atoms with Crippen molar-refractivity contribution in [1.82, 2.24) is 4.98 Å². The fraction of sp³-hybridized carbons (Fsp3) is 0. The molecule has 3 heterocycles. The SMILES string of the molecule is C(=Cc1ccc(-c2cccs2)s1)c1ccc(-c2ncc(-c3ccccc3)o2)cc1. The third-order valence-corrected chi connectivity index (χ3v) is 6.67. The van der Waals surface area contributed by atoms with E-state index in [0.717, 1.165) is 22.5 Å². The Bertz CT molecular complexity index is 1230. The summed E-state index contributed by atoms with van der Waals surface area (Å²) in [4.78, 5) is 8.31. The lowest BCUT2D eigenvalue weighted by molar-refractivity contribution is 0.589. The van der Waals surface area contributed by atoms with E-state index in [9.17, 15) is 0 Å². The van der Waals surface area contributed by atoms with Crippen molar-refractivity contribution in [2.24, 2.45) is 0 Å². The van der Waals surface area contributed by atoms with E-state index in [0.29, 0.717) is 5.89 Å². The van der Waals surface area contributed by atoms with Gasteiger partial charge in [0.25, 0.3) is 0 Å². The number of aromatic nitrogens is 1. The molecule has 0 saturated carbocycles. The highest BCUT2D eigenvalue weighted by Gasteiger charge is 2.08. The van der Waals surface area contributed by atoms with E-state index < -0.39 is 0 Å². The first kappa shape index (κ1) is 17.9. The van der Waals surface area contributed by atoms with Crippen molar-refractivity contribution in [3.05, 3.63) is 101 Å². The monoisotopic (exact) mass is 411 g/mol. The maximum absolute atomic E-state index is 5.94. The maximum atomic E-state index is 5.94. The summed E-state index contributed by atoms with van der Waals surface area (Å²) in [6.07, 6.45) is 6.08. The molecule has 0 aliphatic rings. The van der Waals surface area contributed by atoms with E-state index in [-0.39, 0.29) is 0 Å². The highest BCUT2D eigenvalue weighted by atomic mass is 32.1. The van der Waals surface area contributed by atoms with Crippen LogP contribution < -0.4 is 0 Å². The Morgan fingerprint density at radius 1 is 0.724 bits per heavy atom. The van der Waals surface area contributed by atoms with Gasteiger partial charge in [0.15, 0.2) is 5.76 Å². The summed E-state index contributed by atoms with van der Waals surface area (Å²) in [5.74, 6) is 1.42. The standard InChI is InChI=1S/C25H17NOS2/c1-2-5-19(6-3-1)22-17-26-25(27-22)20-11-8-18(9-12-20)10-13-21-14-15-24(29-21)23-7-4-16-28-23/h1-17H. The Morgan fingerprint density at radius 3 is 2.38 bits per heavy atom. The van der Waals surface area contributed by atoms with E-state index >= 15 is 0 Å². The Morgan fingerprint density at radius 2 is 1.59 bits per heavy atom. The van der Waals surface area contributed by atoms with Crippen LogP contribution in [0.5, 0.6) is 0 Å². The minimum Gasteiger partial charge on any atom is -0.436 e. The van der Waals surface area contributed by atoms with Crippen LogP contribution in [0.3, 0.4) is 0 Å². The van der Waals surface area contributed by atoms with E-state index in [1.54, 1.807) is 17.5 Å². The van der Waals surface area contributed by atoms with E-state index in [1.807, 2.05) is 53.8 Å². The van der Waals surface area contributed by atoms with Crippen LogP contribution in [0.2, 0.25) is 0 Å². The van der Waals surface area contributed by atoms with Gasteiger partial charge in [0.05, 0.1) is 6.20 Å². The normalized spacial score (nSPS) is 11.3. The van der Waals surface area contributed by atoms with Crippen LogP contribution in [0.1, 0.15) is 10.4 Å². The molecule has 0 atom stereocenters. The molecule has 2 nitrogen and oxygen atoms in total. The van der Waals surface area contributed by atoms with Gasteiger partial charge < -0.3 is 4.42 Å². The van der Waals surface area contributed by atoms with Crippen molar-refractivity contribution in [3.8, 4) is 32.5 Å². The number of hydrogen-bond acceptors (Lipinski definition) is 4. The fourth-order valence-electron chi connectivity index (χ4n) is 3.05. The Balaban J connectivity index is 1.31. The zero-order chi connectivity index (χ0) is 19.5. The summed E-state index contributed by atoms with van der Waals surface area (Å²) in [5.41, 5.74) is 3.15. The third kappa shape index (κ3) is 3.99. The largest absolute Gasteiger partial charge is 0.436 e. The minimum atomic E-state index is 0.637. The van der Waals surface area contributed by atoms with Gasteiger partial charge >= 0.3 is 0 Å². The zero-order valence-electron chi connectivity index (χ0n) is 15.5. The molecule has 0 fully saturated rings. The van der Waals surface area contributed by atoms with Gasteiger partial charge in [-0.2, -0.15) is 0 Å². The highest BCUT2D eigenvalue weighted by molar-refractivity contribution is 7.21. The number of rotatable bonds is 5. The van der Waals surface area contributed by atoms with Crippen LogP contribution in [-0.2, 0) is 0 Å². The second-order valence-electron chi connectivity index (χ2n) is 6.53. The molecule has 140 valence electrons. The third-order valence-electron chi connectivity index (χ3n) is 4.55. The molecule has 29 heavy (non-hydrogen) atoms. The molecule has 5 rings (SSSR count). The second-order valence-corrected chi connectivity index (χ2v) is 8.59. The molecule has 3 aromatic heterocycles. The smallest absolute Gasteiger partial charge is 0.226 e. The van der Waals surface area contributed by atoms with Crippen LogP contribution in [-0.4, -0.2) is 4.98 Å². The predicted molar refractivity (Wildman–Crippen MR) is 124 cm³/mol. The molecule has 4 heteroatoms. The van der Waals surface area contributed by atoms with Gasteiger partial charge in [0.2, 0.25) is 5.89 Å². The average Bonchev–Trinajstić information content (AvgIpc) is 3.55. The number of oxazole rings is 1. The van der Waals surface area contributed by atoms with Crippen LogP contribution in [0, 0.1) is 0 Å². The summed E-state index contributed by atoms with van der Waals surface area (Å²) < 4.78 is 5.94. The summed E-state index contributed by atoms with van der Waals surface area (Å²) >= 11 is 3.58. The van der Waals surface area contributed by atoms with Gasteiger partial charge in [-0.3, -0.25) is 0 Å². The topological polar surface area (TPSA) is 26.0 Å². The van der Waals surface area contributed by atoms with Crippen LogP contribution in [0.4, 0.5) is 0 Å². The molecule has 0 aliphatic carbocycles. The van der Waals surface area contributed by atoms with E-state index in [2.05, 4.69) is 58.9 Å². The first-order valence-electron chi connectivity index (χ1n) is 9.29. The van der Waals surface area contributed by atoms with Gasteiger partial charge in [-0.25, -0.2) is 4.98 Å². The lowest BCUT2D eigenvalue weighted by Gasteiger charge is -1.98. The first-order chi connectivity index (χ1) is 14.3. The van der Waals surface area contributed by atoms with Crippen LogP contribution in [0.25, 0.3) is 44.7 Å². The van der Waals surface area contributed by atoms with Crippen molar-refractivity contribution in [3.63, 3.8) is 0 Å². The fourth-order valence-corrected chi connectivity index (χ4v) is 4.80. The number of nitrogens with zero attached hydrogens (tertiary/aromatic N) is 1. The van der Waals surface area contributed by atoms with Crippen molar-refractivity contribution >= 4 is 34.8 Å². The van der Waals surface area contributed by atoms with Gasteiger partial charge in [0.1, 0.15) is 0 Å². The van der Waals surface area contributed by atoms with Gasteiger partial charge in [-0.05, 0) is 47.4 Å². The lowest BCUT2D eigenvalue weighted by Crippen LogP contribution is -1.77. The van der Waals surface area contributed by atoms with Crippen molar-refractivity contribution in [2.75, 3.05) is 0 Å². The number of thiophene rings is 2. The lowest BCUT2D eigenvalue weighted by atomic mass is 10.1. The van der Waals surface area contributed by atoms with Crippen molar-refractivity contribution < 1.29 is 4.42 Å². The number of benzene rings is 2. The van der Waals surface area contributed by atoms with Crippen molar-refractivity contribution in [1.29, 1.82) is 0 Å². The molecule has 0 aliphatic heterocycles. The zero-order valence-corrected chi connectivity index (χ0v) is 17.1. The molecule has 0 radical (unpaired) electrons. The van der Waals surface area contributed by atoms with Crippen LogP contribution in [0.15, 0.2) is 94.9 Å². The van der Waals surface area contributed by atoms with Crippen LogP contribution >= 0.6 is 22.7 Å². The molecule has 0 unspecified atom stereocenters. The van der Waals surface area contributed by atoms with Gasteiger partial charge in [-0.1, -0.05) is 54.6 Å². The summed E-state index contributed by atoms with van der Waals surface area (Å²) in [6, 6.07) is 26.9. The molecule has 5 aromatic rings. The maximum Gasteiger partial charge on any atom is 0.226 e. The summed E-state index contributed by atoms with van der Waals surface area (Å²) in [5, 5.41) is 2.11. The summed E-state index contributed by atoms with van der Waals surface area (Å²) in [7, 11) is 0. The Hall–Kier alpha value is -3.21. The van der Waals surface area contributed by atoms with E-state index in [4.69, 9.17) is 4.42 Å². The quantitative estimate of drug-likeness (QED) is 0.293. The molecule has 0 bridgehead atoms. The molecular weight excluding hydrogens is 394 g/mol. The first-order valence-corrected chi connectivity index (χ1v) is 11.0. The van der Waals surface area contributed by atoms with E-state index in [1.165, 1.54) is 14.6 Å². The number of hydrogen-bond donors (Lipinski definition) is 0. The van der Waals surface area contributed by atoms with Crippen molar-refractivity contribution in [2.45, 2.75) is 0 Å². The highest BCUT2D eigenvalue weighted by Crippen LogP contribution is 2.32. The Kier molecular flexibility index (Phi) is 4.95.